The Bertz CT molecular complexity index is 1210. The molecule has 0 aliphatic carbocycles. The van der Waals surface area contributed by atoms with E-state index in [0.717, 1.165) is 16.5 Å². The van der Waals surface area contributed by atoms with E-state index in [1.165, 1.54) is 0 Å². The van der Waals surface area contributed by atoms with Gasteiger partial charge in [0.1, 0.15) is 0 Å². The standard InChI is InChI=1S/C20H21BN6O2/c1-19(2)20(3,4)29-21(28-19)16-11-23-17-18(24-16)27(26-25-17)12-13-7-8-15-14(10-13)6-5-9-22-15/h5-11H,12H2,1-4H3. The first-order chi connectivity index (χ1) is 13.8. The SMILES string of the molecule is CC1(C)OB(c2cnc3nnn(Cc4ccc5ncccc5c4)c3n2)OC1(C)C. The summed E-state index contributed by atoms with van der Waals surface area (Å²) in [5, 5.41) is 9.47. The normalized spacial score (nSPS) is 18.0. The Morgan fingerprint density at radius 2 is 1.83 bits per heavy atom. The summed E-state index contributed by atoms with van der Waals surface area (Å²) in [7, 11) is -0.577. The van der Waals surface area contributed by atoms with Crippen molar-refractivity contribution in [2.75, 3.05) is 0 Å². The first-order valence-electron chi connectivity index (χ1n) is 9.58. The molecule has 0 N–H and O–H groups in total. The van der Waals surface area contributed by atoms with E-state index >= 15 is 0 Å². The molecule has 1 saturated heterocycles. The highest BCUT2D eigenvalue weighted by molar-refractivity contribution is 6.61. The minimum atomic E-state index is -0.577. The van der Waals surface area contributed by atoms with Gasteiger partial charge in [0, 0.05) is 17.8 Å². The average Bonchev–Trinajstić information content (AvgIpc) is 3.18. The number of fused-ring (bicyclic) bond motifs is 2. The van der Waals surface area contributed by atoms with Crippen molar-refractivity contribution in [3.8, 4) is 0 Å². The number of hydrogen-bond donors (Lipinski definition) is 0. The summed E-state index contributed by atoms with van der Waals surface area (Å²) in [4.78, 5) is 13.5. The van der Waals surface area contributed by atoms with Crippen LogP contribution in [-0.2, 0) is 15.9 Å². The highest BCUT2D eigenvalue weighted by Crippen LogP contribution is 2.36. The topological polar surface area (TPSA) is 87.8 Å². The molecule has 0 spiro atoms. The molecule has 5 rings (SSSR count). The zero-order chi connectivity index (χ0) is 20.2. The zero-order valence-corrected chi connectivity index (χ0v) is 16.8. The maximum atomic E-state index is 6.10. The van der Waals surface area contributed by atoms with Gasteiger partial charge in [-0.1, -0.05) is 17.3 Å². The minimum Gasteiger partial charge on any atom is -0.398 e. The van der Waals surface area contributed by atoms with E-state index in [0.29, 0.717) is 23.4 Å². The number of rotatable bonds is 3. The summed E-state index contributed by atoms with van der Waals surface area (Å²) >= 11 is 0. The van der Waals surface area contributed by atoms with Gasteiger partial charge in [-0.25, -0.2) is 14.6 Å². The fourth-order valence-corrected chi connectivity index (χ4v) is 3.35. The first kappa shape index (κ1) is 18.1. The van der Waals surface area contributed by atoms with Crippen molar-refractivity contribution in [3.05, 3.63) is 48.3 Å². The highest BCUT2D eigenvalue weighted by atomic mass is 16.7. The molecule has 8 nitrogen and oxygen atoms in total. The number of pyridine rings is 1. The summed E-state index contributed by atoms with van der Waals surface area (Å²) in [6, 6.07) is 10.1. The second-order valence-corrected chi connectivity index (χ2v) is 8.31. The van der Waals surface area contributed by atoms with Crippen molar-refractivity contribution < 1.29 is 9.31 Å². The monoisotopic (exact) mass is 388 g/mol. The summed E-state index contributed by atoms with van der Waals surface area (Å²) in [5.41, 5.74) is 2.87. The molecule has 0 bridgehead atoms. The molecule has 9 heteroatoms. The van der Waals surface area contributed by atoms with Gasteiger partial charge in [-0.3, -0.25) is 4.98 Å². The van der Waals surface area contributed by atoms with Crippen LogP contribution < -0.4 is 5.59 Å². The molecule has 4 aromatic rings. The van der Waals surface area contributed by atoms with Crippen LogP contribution in [0, 0.1) is 0 Å². The minimum absolute atomic E-state index is 0.439. The Kier molecular flexibility index (Phi) is 3.94. The smallest absolute Gasteiger partial charge is 0.398 e. The molecule has 3 aromatic heterocycles. The van der Waals surface area contributed by atoms with Crippen LogP contribution in [0.15, 0.2) is 42.7 Å². The third kappa shape index (κ3) is 3.06. The molecule has 1 fully saturated rings. The lowest BCUT2D eigenvalue weighted by Gasteiger charge is -2.32. The fraction of sp³-hybridized carbons (Fsp3) is 0.350. The predicted octanol–water partition coefficient (Wildman–Crippen LogP) is 2.12. The number of nitrogens with zero attached hydrogens (tertiary/aromatic N) is 6. The lowest BCUT2D eigenvalue weighted by molar-refractivity contribution is 0.00578. The van der Waals surface area contributed by atoms with Crippen LogP contribution in [0.3, 0.4) is 0 Å². The lowest BCUT2D eigenvalue weighted by Crippen LogP contribution is -2.41. The second kappa shape index (κ2) is 6.30. The predicted molar refractivity (Wildman–Crippen MR) is 110 cm³/mol. The lowest BCUT2D eigenvalue weighted by atomic mass is 9.85. The molecule has 4 heterocycles. The van der Waals surface area contributed by atoms with Gasteiger partial charge in [0.15, 0.2) is 5.65 Å². The fourth-order valence-electron chi connectivity index (χ4n) is 3.35. The maximum absolute atomic E-state index is 6.10. The third-order valence-corrected chi connectivity index (χ3v) is 5.74. The van der Waals surface area contributed by atoms with Gasteiger partial charge in [0.2, 0.25) is 5.65 Å². The van der Waals surface area contributed by atoms with E-state index < -0.39 is 18.3 Å². The third-order valence-electron chi connectivity index (χ3n) is 5.74. The van der Waals surface area contributed by atoms with E-state index in [2.05, 4.69) is 26.3 Å². The number of benzene rings is 1. The summed E-state index contributed by atoms with van der Waals surface area (Å²) < 4.78 is 13.9. The van der Waals surface area contributed by atoms with Crippen LogP contribution in [0.1, 0.15) is 33.3 Å². The van der Waals surface area contributed by atoms with E-state index in [1.54, 1.807) is 17.1 Å². The largest absolute Gasteiger partial charge is 0.516 e. The van der Waals surface area contributed by atoms with Gasteiger partial charge >= 0.3 is 7.12 Å². The molecule has 146 valence electrons. The Morgan fingerprint density at radius 3 is 2.62 bits per heavy atom. The molecule has 0 saturated carbocycles. The Labute approximate surface area is 168 Å². The molecule has 0 radical (unpaired) electrons. The number of hydrogen-bond acceptors (Lipinski definition) is 7. The maximum Gasteiger partial charge on any atom is 0.516 e. The number of aromatic nitrogens is 6. The molecule has 1 aliphatic rings. The molecule has 1 aromatic carbocycles. The second-order valence-electron chi connectivity index (χ2n) is 8.31. The quantitative estimate of drug-likeness (QED) is 0.497. The van der Waals surface area contributed by atoms with Gasteiger partial charge in [-0.05, 0) is 51.5 Å². The van der Waals surface area contributed by atoms with Crippen LogP contribution in [-0.4, -0.2) is 48.3 Å². The van der Waals surface area contributed by atoms with Crippen LogP contribution in [0.5, 0.6) is 0 Å². The van der Waals surface area contributed by atoms with E-state index in [-0.39, 0.29) is 0 Å². The molecule has 0 amide bonds. The van der Waals surface area contributed by atoms with Crippen LogP contribution in [0.2, 0.25) is 0 Å². The van der Waals surface area contributed by atoms with E-state index in [9.17, 15) is 0 Å². The average molecular weight is 388 g/mol. The molecule has 29 heavy (non-hydrogen) atoms. The van der Waals surface area contributed by atoms with Crippen molar-refractivity contribution in [2.24, 2.45) is 0 Å². The van der Waals surface area contributed by atoms with Crippen LogP contribution >= 0.6 is 0 Å². The van der Waals surface area contributed by atoms with Gasteiger partial charge in [-0.15, -0.1) is 5.10 Å². The Hall–Kier alpha value is -2.91. The zero-order valence-electron chi connectivity index (χ0n) is 16.8. The van der Waals surface area contributed by atoms with Crippen molar-refractivity contribution in [3.63, 3.8) is 0 Å². The van der Waals surface area contributed by atoms with Crippen LogP contribution in [0.25, 0.3) is 22.2 Å². The first-order valence-corrected chi connectivity index (χ1v) is 9.58. The van der Waals surface area contributed by atoms with E-state index in [4.69, 9.17) is 14.3 Å². The van der Waals surface area contributed by atoms with Crippen molar-refractivity contribution in [1.82, 2.24) is 29.9 Å². The van der Waals surface area contributed by atoms with Crippen molar-refractivity contribution in [1.29, 1.82) is 0 Å². The summed E-state index contributed by atoms with van der Waals surface area (Å²) in [5.74, 6) is 0. The van der Waals surface area contributed by atoms with Crippen LogP contribution in [0.4, 0.5) is 0 Å². The molecular weight excluding hydrogens is 367 g/mol. The Balaban J connectivity index is 1.48. The molecule has 0 unspecified atom stereocenters. The van der Waals surface area contributed by atoms with Gasteiger partial charge in [-0.2, -0.15) is 0 Å². The van der Waals surface area contributed by atoms with Gasteiger partial charge in [0.05, 0.1) is 28.9 Å². The molecule has 1 aliphatic heterocycles. The highest BCUT2D eigenvalue weighted by Gasteiger charge is 2.52. The van der Waals surface area contributed by atoms with Gasteiger partial charge in [0.25, 0.3) is 0 Å². The van der Waals surface area contributed by atoms with E-state index in [1.807, 2.05) is 52.0 Å². The van der Waals surface area contributed by atoms with Gasteiger partial charge < -0.3 is 9.31 Å². The van der Waals surface area contributed by atoms with Crippen molar-refractivity contribution >= 4 is 34.9 Å². The summed E-state index contributed by atoms with van der Waals surface area (Å²) in [6.45, 7) is 8.58. The molecular formula is C20H21BN6O2. The Morgan fingerprint density at radius 1 is 1.03 bits per heavy atom. The summed E-state index contributed by atoms with van der Waals surface area (Å²) in [6.07, 6.45) is 3.44. The molecule has 0 atom stereocenters. The van der Waals surface area contributed by atoms with Crippen molar-refractivity contribution in [2.45, 2.75) is 45.4 Å².